The van der Waals surface area contributed by atoms with E-state index in [-0.39, 0.29) is 24.1 Å². The lowest BCUT2D eigenvalue weighted by Crippen LogP contribution is -2.33. The van der Waals surface area contributed by atoms with Crippen LogP contribution in [0, 0.1) is 17.7 Å². The highest BCUT2D eigenvalue weighted by Gasteiger charge is 2.14. The zero-order chi connectivity index (χ0) is 15.7. The number of aliphatic hydroxyl groups is 1. The molecule has 0 fully saturated rings. The number of aliphatic hydroxyl groups excluding tert-OH is 1. The summed E-state index contributed by atoms with van der Waals surface area (Å²) >= 11 is 1.81. The van der Waals surface area contributed by atoms with Crippen molar-refractivity contribution in [2.45, 2.75) is 26.3 Å². The SMILES string of the molecule is CCSCCC(C)NC(=O)c1cc(F)ccc1C#CCO. The van der Waals surface area contributed by atoms with Gasteiger partial charge in [-0.2, -0.15) is 11.8 Å². The Labute approximate surface area is 129 Å². The van der Waals surface area contributed by atoms with Crippen molar-refractivity contribution in [2.75, 3.05) is 18.1 Å². The number of carbonyl (C=O) groups excluding carboxylic acids is 1. The number of halogens is 1. The van der Waals surface area contributed by atoms with Crippen LogP contribution in [-0.2, 0) is 0 Å². The van der Waals surface area contributed by atoms with Gasteiger partial charge in [0.1, 0.15) is 12.4 Å². The standard InChI is InChI=1S/C16H20FNO2S/c1-3-21-10-8-12(2)18-16(20)15-11-14(17)7-6-13(15)5-4-9-19/h6-7,11-12,19H,3,8-10H2,1-2H3,(H,18,20). The molecule has 1 unspecified atom stereocenters. The highest BCUT2D eigenvalue weighted by molar-refractivity contribution is 7.99. The van der Waals surface area contributed by atoms with Crippen molar-refractivity contribution < 1.29 is 14.3 Å². The second-order valence-corrected chi connectivity index (χ2v) is 5.90. The van der Waals surface area contributed by atoms with E-state index in [2.05, 4.69) is 24.1 Å². The van der Waals surface area contributed by atoms with Crippen LogP contribution < -0.4 is 5.32 Å². The molecule has 1 atom stereocenters. The molecule has 0 radical (unpaired) electrons. The van der Waals surface area contributed by atoms with E-state index < -0.39 is 5.82 Å². The van der Waals surface area contributed by atoms with E-state index in [0.717, 1.165) is 17.9 Å². The number of hydrogen-bond donors (Lipinski definition) is 2. The van der Waals surface area contributed by atoms with Gasteiger partial charge in [-0.05, 0) is 43.0 Å². The third-order valence-corrected chi connectivity index (χ3v) is 3.74. The van der Waals surface area contributed by atoms with Crippen LogP contribution in [0.1, 0.15) is 36.2 Å². The van der Waals surface area contributed by atoms with E-state index in [1.165, 1.54) is 18.2 Å². The van der Waals surface area contributed by atoms with Crippen LogP contribution >= 0.6 is 11.8 Å². The van der Waals surface area contributed by atoms with Gasteiger partial charge in [-0.15, -0.1) is 0 Å². The summed E-state index contributed by atoms with van der Waals surface area (Å²) in [4.78, 5) is 12.2. The van der Waals surface area contributed by atoms with Gasteiger partial charge in [0.15, 0.2) is 0 Å². The summed E-state index contributed by atoms with van der Waals surface area (Å²) in [7, 11) is 0. The predicted octanol–water partition coefficient (Wildman–Crippen LogP) is 2.43. The first-order valence-electron chi connectivity index (χ1n) is 6.86. The number of nitrogens with one attached hydrogen (secondary N) is 1. The lowest BCUT2D eigenvalue weighted by Gasteiger charge is -2.14. The molecule has 1 rings (SSSR count). The third-order valence-electron chi connectivity index (χ3n) is 2.81. The normalized spacial score (nSPS) is 11.4. The molecule has 5 heteroatoms. The number of carbonyl (C=O) groups is 1. The molecule has 3 nitrogen and oxygen atoms in total. The highest BCUT2D eigenvalue weighted by Crippen LogP contribution is 2.12. The van der Waals surface area contributed by atoms with Crippen molar-refractivity contribution in [2.24, 2.45) is 0 Å². The van der Waals surface area contributed by atoms with Gasteiger partial charge < -0.3 is 10.4 Å². The number of hydrogen-bond acceptors (Lipinski definition) is 3. The van der Waals surface area contributed by atoms with Gasteiger partial charge in [0, 0.05) is 11.6 Å². The van der Waals surface area contributed by atoms with Gasteiger partial charge in [-0.1, -0.05) is 18.8 Å². The van der Waals surface area contributed by atoms with Gasteiger partial charge in [0.05, 0.1) is 5.56 Å². The van der Waals surface area contributed by atoms with Crippen LogP contribution in [0.2, 0.25) is 0 Å². The minimum Gasteiger partial charge on any atom is -0.384 e. The maximum absolute atomic E-state index is 13.3. The first kappa shape index (κ1) is 17.5. The molecule has 114 valence electrons. The van der Waals surface area contributed by atoms with Crippen LogP contribution in [0.3, 0.4) is 0 Å². The molecule has 0 saturated heterocycles. The average molecular weight is 309 g/mol. The smallest absolute Gasteiger partial charge is 0.252 e. The Hall–Kier alpha value is -1.51. The fourth-order valence-electron chi connectivity index (χ4n) is 1.73. The molecule has 0 saturated carbocycles. The molecule has 0 aliphatic carbocycles. The minimum absolute atomic E-state index is 0.0125. The van der Waals surface area contributed by atoms with E-state index in [1.807, 2.05) is 18.7 Å². The van der Waals surface area contributed by atoms with Crippen molar-refractivity contribution in [3.05, 3.63) is 35.1 Å². The van der Waals surface area contributed by atoms with E-state index in [4.69, 9.17) is 5.11 Å². The lowest BCUT2D eigenvalue weighted by molar-refractivity contribution is 0.0939. The van der Waals surface area contributed by atoms with Crippen molar-refractivity contribution in [1.82, 2.24) is 5.32 Å². The minimum atomic E-state index is -0.483. The van der Waals surface area contributed by atoms with Crippen molar-refractivity contribution in [1.29, 1.82) is 0 Å². The van der Waals surface area contributed by atoms with E-state index in [9.17, 15) is 9.18 Å². The van der Waals surface area contributed by atoms with Gasteiger partial charge in [-0.3, -0.25) is 4.79 Å². The average Bonchev–Trinajstić information content (AvgIpc) is 2.46. The van der Waals surface area contributed by atoms with E-state index in [0.29, 0.717) is 5.56 Å². The summed E-state index contributed by atoms with van der Waals surface area (Å²) in [5.41, 5.74) is 0.615. The molecule has 0 heterocycles. The topological polar surface area (TPSA) is 49.3 Å². The molecular weight excluding hydrogens is 289 g/mol. The van der Waals surface area contributed by atoms with Crippen LogP contribution in [0.4, 0.5) is 4.39 Å². The molecule has 0 aromatic heterocycles. The first-order valence-corrected chi connectivity index (χ1v) is 8.01. The molecule has 1 amide bonds. The van der Waals surface area contributed by atoms with Crippen molar-refractivity contribution >= 4 is 17.7 Å². The monoisotopic (exact) mass is 309 g/mol. The quantitative estimate of drug-likeness (QED) is 0.627. The Balaban J connectivity index is 2.78. The van der Waals surface area contributed by atoms with Crippen molar-refractivity contribution in [3.8, 4) is 11.8 Å². The van der Waals surface area contributed by atoms with Gasteiger partial charge >= 0.3 is 0 Å². The highest BCUT2D eigenvalue weighted by atomic mass is 32.2. The Bertz CT molecular complexity index is 537. The molecule has 0 aliphatic rings. The molecule has 0 aliphatic heterocycles. The Morgan fingerprint density at radius 1 is 1.52 bits per heavy atom. The van der Waals surface area contributed by atoms with E-state index in [1.54, 1.807) is 0 Å². The molecule has 1 aromatic rings. The van der Waals surface area contributed by atoms with Gasteiger partial charge in [0.25, 0.3) is 5.91 Å². The molecule has 0 spiro atoms. The van der Waals surface area contributed by atoms with Crippen LogP contribution in [0.25, 0.3) is 0 Å². The maximum atomic E-state index is 13.3. The van der Waals surface area contributed by atoms with Crippen LogP contribution in [-0.4, -0.2) is 35.2 Å². The fourth-order valence-corrected chi connectivity index (χ4v) is 2.54. The summed E-state index contributed by atoms with van der Waals surface area (Å²) in [6.07, 6.45) is 0.858. The van der Waals surface area contributed by atoms with Crippen LogP contribution in [0.15, 0.2) is 18.2 Å². The maximum Gasteiger partial charge on any atom is 0.252 e. The summed E-state index contributed by atoms with van der Waals surface area (Å²) in [6, 6.07) is 3.88. The Morgan fingerprint density at radius 3 is 2.95 bits per heavy atom. The van der Waals surface area contributed by atoms with Gasteiger partial charge in [-0.25, -0.2) is 4.39 Å². The molecule has 2 N–H and O–H groups in total. The number of rotatable bonds is 6. The number of thioether (sulfide) groups is 1. The van der Waals surface area contributed by atoms with Crippen LogP contribution in [0.5, 0.6) is 0 Å². The largest absolute Gasteiger partial charge is 0.384 e. The molecule has 0 bridgehead atoms. The molecule has 1 aromatic carbocycles. The summed E-state index contributed by atoms with van der Waals surface area (Å²) in [5, 5.41) is 11.6. The molecule has 21 heavy (non-hydrogen) atoms. The number of benzene rings is 1. The third kappa shape index (κ3) is 6.19. The lowest BCUT2D eigenvalue weighted by atomic mass is 10.1. The first-order chi connectivity index (χ1) is 10.1. The number of amides is 1. The second kappa shape index (κ2) is 9.43. The predicted molar refractivity (Wildman–Crippen MR) is 84.9 cm³/mol. The second-order valence-electron chi connectivity index (χ2n) is 4.51. The Kier molecular flexibility index (Phi) is 7.88. The summed E-state index contributed by atoms with van der Waals surface area (Å²) < 4.78 is 13.3. The Morgan fingerprint density at radius 2 is 2.29 bits per heavy atom. The zero-order valence-corrected chi connectivity index (χ0v) is 13.1. The van der Waals surface area contributed by atoms with Crippen molar-refractivity contribution in [3.63, 3.8) is 0 Å². The summed E-state index contributed by atoms with van der Waals surface area (Å²) in [6.45, 7) is 3.71. The zero-order valence-electron chi connectivity index (χ0n) is 12.3. The van der Waals surface area contributed by atoms with E-state index >= 15 is 0 Å². The molecular formula is C16H20FNO2S. The summed E-state index contributed by atoms with van der Waals surface area (Å²) in [5.74, 6) is 6.33. The fraction of sp³-hybridized carbons (Fsp3) is 0.438. The van der Waals surface area contributed by atoms with Gasteiger partial charge in [0.2, 0.25) is 0 Å².